The van der Waals surface area contributed by atoms with Gasteiger partial charge in [-0.1, -0.05) is 30.3 Å². The van der Waals surface area contributed by atoms with Crippen LogP contribution in [-0.4, -0.2) is 29.0 Å². The number of para-hydroxylation sites is 1. The highest BCUT2D eigenvalue weighted by molar-refractivity contribution is 7.13. The van der Waals surface area contributed by atoms with Crippen LogP contribution in [0.1, 0.15) is 35.3 Å². The number of carbonyl (C=O) groups is 1. The normalized spacial score (nSPS) is 14.0. The number of amides is 1. The number of anilines is 2. The second-order valence-electron chi connectivity index (χ2n) is 7.92. The average Bonchev–Trinajstić information content (AvgIpc) is 3.23. The van der Waals surface area contributed by atoms with Gasteiger partial charge in [0.1, 0.15) is 0 Å². The van der Waals surface area contributed by atoms with Crippen LogP contribution in [0, 0.1) is 6.92 Å². The number of fused-ring (bicyclic) bond motifs is 1. The minimum atomic E-state index is -0.188. The van der Waals surface area contributed by atoms with E-state index >= 15 is 0 Å². The molecule has 0 radical (unpaired) electrons. The molecule has 0 bridgehead atoms. The summed E-state index contributed by atoms with van der Waals surface area (Å²) >= 11 is 1.42. The van der Waals surface area contributed by atoms with Crippen molar-refractivity contribution in [1.82, 2.24) is 9.97 Å². The zero-order valence-corrected chi connectivity index (χ0v) is 18.3. The molecule has 156 valence electrons. The first-order valence-electron chi connectivity index (χ1n) is 10.7. The molecule has 1 N–H and O–H groups in total. The van der Waals surface area contributed by atoms with Gasteiger partial charge in [0.2, 0.25) is 0 Å². The predicted octanol–water partition coefficient (Wildman–Crippen LogP) is 5.91. The van der Waals surface area contributed by atoms with E-state index in [1.54, 1.807) is 0 Å². The quantitative estimate of drug-likeness (QED) is 0.439. The third kappa shape index (κ3) is 4.16. The molecule has 0 atom stereocenters. The number of aryl methyl sites for hydroxylation is 1. The van der Waals surface area contributed by atoms with Gasteiger partial charge in [0.05, 0.1) is 22.5 Å². The van der Waals surface area contributed by atoms with Crippen LogP contribution < -0.4 is 10.2 Å². The van der Waals surface area contributed by atoms with Gasteiger partial charge in [-0.05, 0) is 50.5 Å². The summed E-state index contributed by atoms with van der Waals surface area (Å²) in [6, 6.07) is 18.3. The molecule has 6 heteroatoms. The van der Waals surface area contributed by atoms with Gasteiger partial charge in [-0.25, -0.2) is 9.97 Å². The maximum absolute atomic E-state index is 13.0. The Hall–Kier alpha value is -3.25. The molecule has 0 saturated carbocycles. The van der Waals surface area contributed by atoms with Gasteiger partial charge in [0.15, 0.2) is 5.13 Å². The van der Waals surface area contributed by atoms with E-state index in [4.69, 9.17) is 4.98 Å². The number of nitrogens with zero attached hydrogens (tertiary/aromatic N) is 3. The van der Waals surface area contributed by atoms with E-state index in [1.807, 2.05) is 42.6 Å². The summed E-state index contributed by atoms with van der Waals surface area (Å²) in [5, 5.41) is 6.37. The van der Waals surface area contributed by atoms with Crippen LogP contribution >= 0.6 is 11.3 Å². The van der Waals surface area contributed by atoms with E-state index < -0.39 is 0 Å². The Labute approximate surface area is 185 Å². The van der Waals surface area contributed by atoms with Crippen LogP contribution in [0.2, 0.25) is 0 Å². The summed E-state index contributed by atoms with van der Waals surface area (Å²) in [5.74, 6) is -0.188. The topological polar surface area (TPSA) is 58.1 Å². The molecule has 4 aromatic rings. The summed E-state index contributed by atoms with van der Waals surface area (Å²) in [6.07, 6.45) is 3.80. The number of thiazole rings is 1. The fraction of sp³-hybridized carbons (Fsp3) is 0.240. The van der Waals surface area contributed by atoms with E-state index in [0.29, 0.717) is 16.2 Å². The highest BCUT2D eigenvalue weighted by Crippen LogP contribution is 2.28. The van der Waals surface area contributed by atoms with E-state index in [9.17, 15) is 4.79 Å². The maximum atomic E-state index is 13.0. The van der Waals surface area contributed by atoms with Crippen molar-refractivity contribution in [2.24, 2.45) is 0 Å². The molecule has 3 heterocycles. The molecule has 1 aliphatic rings. The standard InChI is InChI=1S/C25H24N4OS/c1-17-16-31-25(26-17)28-24(30)21-10-6-7-18-11-12-22(27-23(18)21)19-8-5-9-20(15-19)29-13-3-2-4-14-29/h5-12,15-16H,2-4,13-14H2,1H3,(H,26,28,30). The zero-order chi connectivity index (χ0) is 21.2. The lowest BCUT2D eigenvalue weighted by molar-refractivity contribution is 0.102. The number of rotatable bonds is 4. The van der Waals surface area contributed by atoms with Crippen LogP contribution in [0.15, 0.2) is 60.0 Å². The Morgan fingerprint density at radius 2 is 1.84 bits per heavy atom. The van der Waals surface area contributed by atoms with E-state index in [2.05, 4.69) is 39.5 Å². The van der Waals surface area contributed by atoms with Gasteiger partial charge in [0.25, 0.3) is 5.91 Å². The third-order valence-corrected chi connectivity index (χ3v) is 6.54. The fourth-order valence-electron chi connectivity index (χ4n) is 4.08. The van der Waals surface area contributed by atoms with Crippen molar-refractivity contribution in [2.75, 3.05) is 23.3 Å². The Balaban J connectivity index is 1.49. The monoisotopic (exact) mass is 428 g/mol. The van der Waals surface area contributed by atoms with Gasteiger partial charge < -0.3 is 4.90 Å². The number of nitrogens with one attached hydrogen (secondary N) is 1. The van der Waals surface area contributed by atoms with E-state index in [-0.39, 0.29) is 5.91 Å². The molecule has 2 aromatic carbocycles. The van der Waals surface area contributed by atoms with Crippen molar-refractivity contribution in [2.45, 2.75) is 26.2 Å². The number of hydrogen-bond acceptors (Lipinski definition) is 5. The summed E-state index contributed by atoms with van der Waals surface area (Å²) in [6.45, 7) is 4.13. The minimum Gasteiger partial charge on any atom is -0.372 e. The van der Waals surface area contributed by atoms with E-state index in [0.717, 1.165) is 35.4 Å². The highest BCUT2D eigenvalue weighted by Gasteiger charge is 2.15. The van der Waals surface area contributed by atoms with Crippen molar-refractivity contribution >= 4 is 39.0 Å². The lowest BCUT2D eigenvalue weighted by Crippen LogP contribution is -2.29. The van der Waals surface area contributed by atoms with Gasteiger partial charge in [-0.2, -0.15) is 0 Å². The number of pyridine rings is 1. The lowest BCUT2D eigenvalue weighted by atomic mass is 10.0. The Morgan fingerprint density at radius 3 is 2.65 bits per heavy atom. The van der Waals surface area contributed by atoms with Gasteiger partial charge in [-0.3, -0.25) is 10.1 Å². The molecule has 0 aliphatic carbocycles. The molecule has 5 rings (SSSR count). The van der Waals surface area contributed by atoms with Crippen molar-refractivity contribution in [3.63, 3.8) is 0 Å². The Morgan fingerprint density at radius 1 is 1.00 bits per heavy atom. The number of hydrogen-bond donors (Lipinski definition) is 1. The van der Waals surface area contributed by atoms with Crippen LogP contribution in [0.3, 0.4) is 0 Å². The molecule has 1 aliphatic heterocycles. The van der Waals surface area contributed by atoms with Gasteiger partial charge in [-0.15, -0.1) is 11.3 Å². The minimum absolute atomic E-state index is 0.188. The summed E-state index contributed by atoms with van der Waals surface area (Å²) in [4.78, 5) is 24.6. The second-order valence-corrected chi connectivity index (χ2v) is 8.78. The SMILES string of the molecule is Cc1csc(NC(=O)c2cccc3ccc(-c4cccc(N5CCCCC5)c4)nc23)n1. The van der Waals surface area contributed by atoms with Crippen molar-refractivity contribution in [3.05, 3.63) is 71.2 Å². The molecule has 0 unspecified atom stereocenters. The second kappa shape index (κ2) is 8.47. The van der Waals surface area contributed by atoms with Crippen LogP contribution in [-0.2, 0) is 0 Å². The molecular weight excluding hydrogens is 404 g/mol. The van der Waals surface area contributed by atoms with Gasteiger partial charge in [0, 0.05) is 35.1 Å². The smallest absolute Gasteiger partial charge is 0.259 e. The van der Waals surface area contributed by atoms with Crippen LogP contribution in [0.25, 0.3) is 22.2 Å². The first-order valence-corrected chi connectivity index (χ1v) is 11.5. The van der Waals surface area contributed by atoms with Crippen molar-refractivity contribution < 1.29 is 4.79 Å². The lowest BCUT2D eigenvalue weighted by Gasteiger charge is -2.29. The van der Waals surface area contributed by atoms with Crippen molar-refractivity contribution in [1.29, 1.82) is 0 Å². The summed E-state index contributed by atoms with van der Waals surface area (Å²) < 4.78 is 0. The molecule has 31 heavy (non-hydrogen) atoms. The molecule has 1 amide bonds. The first kappa shape index (κ1) is 19.7. The number of benzene rings is 2. The zero-order valence-electron chi connectivity index (χ0n) is 17.5. The highest BCUT2D eigenvalue weighted by atomic mass is 32.1. The number of carbonyl (C=O) groups excluding carboxylic acids is 1. The molecule has 5 nitrogen and oxygen atoms in total. The van der Waals surface area contributed by atoms with Crippen LogP contribution in [0.5, 0.6) is 0 Å². The van der Waals surface area contributed by atoms with Gasteiger partial charge >= 0.3 is 0 Å². The first-order chi connectivity index (χ1) is 15.2. The molecule has 2 aromatic heterocycles. The molecule has 1 fully saturated rings. The number of piperidine rings is 1. The molecule has 1 saturated heterocycles. The average molecular weight is 429 g/mol. The molecular formula is C25H24N4OS. The largest absolute Gasteiger partial charge is 0.372 e. The van der Waals surface area contributed by atoms with E-state index in [1.165, 1.54) is 36.3 Å². The van der Waals surface area contributed by atoms with Crippen LogP contribution in [0.4, 0.5) is 10.8 Å². The Kier molecular flexibility index (Phi) is 5.38. The maximum Gasteiger partial charge on any atom is 0.259 e. The fourth-order valence-corrected chi connectivity index (χ4v) is 4.76. The third-order valence-electron chi connectivity index (χ3n) is 5.67. The summed E-state index contributed by atoms with van der Waals surface area (Å²) in [7, 11) is 0. The predicted molar refractivity (Wildman–Crippen MR) is 128 cm³/mol. The summed E-state index contributed by atoms with van der Waals surface area (Å²) in [5.41, 5.74) is 5.33. The molecule has 0 spiro atoms. The number of aromatic nitrogens is 2. The van der Waals surface area contributed by atoms with Crippen molar-refractivity contribution in [3.8, 4) is 11.3 Å². The Bertz CT molecular complexity index is 1240.